The van der Waals surface area contributed by atoms with E-state index >= 15 is 0 Å². The van der Waals surface area contributed by atoms with Crippen LogP contribution in [-0.2, 0) is 4.74 Å². The fourth-order valence-corrected chi connectivity index (χ4v) is 3.06. The fraction of sp³-hybridized carbons (Fsp3) is 0.222. The molecule has 132 valence electrons. The molecule has 8 heteroatoms. The van der Waals surface area contributed by atoms with Crippen molar-refractivity contribution in [1.29, 1.82) is 0 Å². The predicted molar refractivity (Wildman–Crippen MR) is 95.2 cm³/mol. The number of aromatic nitrogens is 4. The van der Waals surface area contributed by atoms with E-state index in [9.17, 15) is 4.79 Å². The molecule has 1 aliphatic heterocycles. The van der Waals surface area contributed by atoms with Gasteiger partial charge in [0.1, 0.15) is 12.4 Å². The Bertz CT molecular complexity index is 881. The fourth-order valence-electron chi connectivity index (χ4n) is 2.93. The van der Waals surface area contributed by atoms with Crippen LogP contribution in [0.5, 0.6) is 0 Å². The third kappa shape index (κ3) is 3.44. The molecule has 1 aliphatic rings. The van der Waals surface area contributed by atoms with Gasteiger partial charge in [-0.3, -0.25) is 4.79 Å². The zero-order chi connectivity index (χ0) is 17.9. The van der Waals surface area contributed by atoms with Crippen LogP contribution in [0.4, 0.5) is 0 Å². The molecule has 1 fully saturated rings. The quantitative estimate of drug-likeness (QED) is 0.709. The lowest BCUT2D eigenvalue weighted by molar-refractivity contribution is -0.0228. The maximum absolute atomic E-state index is 12.8. The molecule has 1 unspecified atom stereocenters. The molecule has 1 aromatic heterocycles. The SMILES string of the molecule is O=C(c1ccc(-n2cnnn2)cc1)N1CCOC(c2ccc(Cl)cc2)C1. The van der Waals surface area contributed by atoms with Gasteiger partial charge < -0.3 is 9.64 Å². The molecule has 2 heterocycles. The van der Waals surface area contributed by atoms with Gasteiger partial charge in [-0.1, -0.05) is 23.7 Å². The first kappa shape index (κ1) is 16.7. The van der Waals surface area contributed by atoms with Crippen molar-refractivity contribution in [2.24, 2.45) is 0 Å². The van der Waals surface area contributed by atoms with Gasteiger partial charge in [0.25, 0.3) is 5.91 Å². The van der Waals surface area contributed by atoms with Crippen molar-refractivity contribution in [3.8, 4) is 5.69 Å². The van der Waals surface area contributed by atoms with Crippen LogP contribution in [0.25, 0.3) is 5.69 Å². The summed E-state index contributed by atoms with van der Waals surface area (Å²) in [5.74, 6) is -0.0180. The Morgan fingerprint density at radius 3 is 2.58 bits per heavy atom. The van der Waals surface area contributed by atoms with Gasteiger partial charge in [-0.15, -0.1) is 5.10 Å². The van der Waals surface area contributed by atoms with Crippen LogP contribution >= 0.6 is 11.6 Å². The van der Waals surface area contributed by atoms with Gasteiger partial charge in [-0.05, 0) is 52.4 Å². The van der Waals surface area contributed by atoms with E-state index in [2.05, 4.69) is 15.5 Å². The Balaban J connectivity index is 1.48. The second-order valence-corrected chi connectivity index (χ2v) is 6.40. The zero-order valence-electron chi connectivity index (χ0n) is 13.8. The number of carbonyl (C=O) groups excluding carboxylic acids is 1. The zero-order valence-corrected chi connectivity index (χ0v) is 14.6. The first-order chi connectivity index (χ1) is 12.7. The number of halogens is 1. The monoisotopic (exact) mass is 369 g/mol. The number of rotatable bonds is 3. The second-order valence-electron chi connectivity index (χ2n) is 5.96. The third-order valence-corrected chi connectivity index (χ3v) is 4.58. The van der Waals surface area contributed by atoms with Crippen molar-refractivity contribution in [2.45, 2.75) is 6.10 Å². The normalized spacial score (nSPS) is 17.3. The van der Waals surface area contributed by atoms with Crippen LogP contribution in [0.3, 0.4) is 0 Å². The molecule has 1 saturated heterocycles. The second kappa shape index (κ2) is 7.23. The number of hydrogen-bond acceptors (Lipinski definition) is 5. The molecule has 0 bridgehead atoms. The molecular formula is C18H16ClN5O2. The minimum Gasteiger partial charge on any atom is -0.370 e. The van der Waals surface area contributed by atoms with Crippen LogP contribution < -0.4 is 0 Å². The molecular weight excluding hydrogens is 354 g/mol. The molecule has 4 rings (SSSR count). The summed E-state index contributed by atoms with van der Waals surface area (Å²) in [4.78, 5) is 14.6. The Morgan fingerprint density at radius 2 is 1.88 bits per heavy atom. The van der Waals surface area contributed by atoms with Gasteiger partial charge in [0, 0.05) is 17.1 Å². The summed E-state index contributed by atoms with van der Waals surface area (Å²) in [7, 11) is 0. The highest BCUT2D eigenvalue weighted by atomic mass is 35.5. The van der Waals surface area contributed by atoms with Crippen molar-refractivity contribution in [3.05, 3.63) is 71.0 Å². The van der Waals surface area contributed by atoms with Crippen molar-refractivity contribution < 1.29 is 9.53 Å². The van der Waals surface area contributed by atoms with Crippen LogP contribution in [0.2, 0.25) is 5.02 Å². The topological polar surface area (TPSA) is 73.1 Å². The van der Waals surface area contributed by atoms with Gasteiger partial charge in [0.2, 0.25) is 0 Å². The first-order valence-electron chi connectivity index (χ1n) is 8.20. The van der Waals surface area contributed by atoms with Crippen molar-refractivity contribution in [2.75, 3.05) is 19.7 Å². The Morgan fingerprint density at radius 1 is 1.12 bits per heavy atom. The van der Waals surface area contributed by atoms with E-state index in [-0.39, 0.29) is 12.0 Å². The number of nitrogens with zero attached hydrogens (tertiary/aromatic N) is 5. The minimum absolute atomic E-state index is 0.0180. The van der Waals surface area contributed by atoms with Gasteiger partial charge in [0.05, 0.1) is 18.8 Å². The van der Waals surface area contributed by atoms with Gasteiger partial charge in [-0.2, -0.15) is 0 Å². The van der Waals surface area contributed by atoms with Gasteiger partial charge in [-0.25, -0.2) is 4.68 Å². The summed E-state index contributed by atoms with van der Waals surface area (Å²) in [5.41, 5.74) is 2.44. The first-order valence-corrected chi connectivity index (χ1v) is 8.58. The molecule has 26 heavy (non-hydrogen) atoms. The van der Waals surface area contributed by atoms with E-state index in [1.54, 1.807) is 16.8 Å². The summed E-state index contributed by atoms with van der Waals surface area (Å²) < 4.78 is 7.37. The molecule has 1 amide bonds. The van der Waals surface area contributed by atoms with Crippen LogP contribution in [0.1, 0.15) is 22.0 Å². The summed E-state index contributed by atoms with van der Waals surface area (Å²) in [6.45, 7) is 1.58. The van der Waals surface area contributed by atoms with E-state index in [1.807, 2.05) is 41.3 Å². The van der Waals surface area contributed by atoms with Gasteiger partial charge in [0.15, 0.2) is 0 Å². The Kier molecular flexibility index (Phi) is 4.64. The lowest BCUT2D eigenvalue weighted by Crippen LogP contribution is -2.42. The summed E-state index contributed by atoms with van der Waals surface area (Å²) in [5, 5.41) is 11.7. The number of ether oxygens (including phenoxy) is 1. The minimum atomic E-state index is -0.148. The van der Waals surface area contributed by atoms with E-state index in [1.165, 1.54) is 6.33 Å². The lowest BCUT2D eigenvalue weighted by Gasteiger charge is -2.33. The molecule has 0 N–H and O–H groups in total. The lowest BCUT2D eigenvalue weighted by atomic mass is 10.1. The highest BCUT2D eigenvalue weighted by Crippen LogP contribution is 2.24. The van der Waals surface area contributed by atoms with Crippen molar-refractivity contribution >= 4 is 17.5 Å². The van der Waals surface area contributed by atoms with E-state index < -0.39 is 0 Å². The van der Waals surface area contributed by atoms with Crippen LogP contribution in [0.15, 0.2) is 54.9 Å². The van der Waals surface area contributed by atoms with Crippen LogP contribution in [-0.4, -0.2) is 50.7 Å². The number of carbonyl (C=O) groups is 1. The van der Waals surface area contributed by atoms with Crippen molar-refractivity contribution in [1.82, 2.24) is 25.1 Å². The average Bonchev–Trinajstić information content (AvgIpc) is 3.23. The number of tetrazole rings is 1. The average molecular weight is 370 g/mol. The maximum atomic E-state index is 12.8. The third-order valence-electron chi connectivity index (χ3n) is 4.32. The molecule has 0 spiro atoms. The molecule has 3 aromatic rings. The predicted octanol–water partition coefficient (Wildman–Crippen LogP) is 2.53. The van der Waals surface area contributed by atoms with E-state index in [0.29, 0.717) is 30.3 Å². The smallest absolute Gasteiger partial charge is 0.254 e. The summed E-state index contributed by atoms with van der Waals surface area (Å²) >= 11 is 5.94. The number of amides is 1. The summed E-state index contributed by atoms with van der Waals surface area (Å²) in [6, 6.07) is 14.7. The number of morpholine rings is 1. The van der Waals surface area contributed by atoms with E-state index in [4.69, 9.17) is 16.3 Å². The highest BCUT2D eigenvalue weighted by Gasteiger charge is 2.26. The Hall–Kier alpha value is -2.77. The molecule has 0 aliphatic carbocycles. The van der Waals surface area contributed by atoms with E-state index in [0.717, 1.165) is 11.3 Å². The van der Waals surface area contributed by atoms with Crippen molar-refractivity contribution in [3.63, 3.8) is 0 Å². The number of hydrogen-bond donors (Lipinski definition) is 0. The van der Waals surface area contributed by atoms with Gasteiger partial charge >= 0.3 is 0 Å². The number of benzene rings is 2. The maximum Gasteiger partial charge on any atom is 0.254 e. The highest BCUT2D eigenvalue weighted by molar-refractivity contribution is 6.30. The standard InChI is InChI=1S/C18H16ClN5O2/c19-15-5-1-13(2-6-15)17-11-23(9-10-26-17)18(25)14-3-7-16(8-4-14)24-12-20-21-22-24/h1-8,12,17H,9-11H2. The molecule has 0 saturated carbocycles. The molecule has 0 radical (unpaired) electrons. The summed E-state index contributed by atoms with van der Waals surface area (Å²) in [6.07, 6.45) is 1.36. The Labute approximate surface area is 155 Å². The molecule has 7 nitrogen and oxygen atoms in total. The molecule has 1 atom stereocenters. The largest absolute Gasteiger partial charge is 0.370 e. The van der Waals surface area contributed by atoms with Crippen LogP contribution in [0, 0.1) is 0 Å². The molecule has 2 aromatic carbocycles.